The van der Waals surface area contributed by atoms with Crippen LogP contribution in [-0.2, 0) is 24.2 Å². The van der Waals surface area contributed by atoms with Gasteiger partial charge in [-0.25, -0.2) is 0 Å². The monoisotopic (exact) mass is 369 g/mol. The van der Waals surface area contributed by atoms with E-state index in [9.17, 15) is 4.79 Å². The number of rotatable bonds is 8. The van der Waals surface area contributed by atoms with Crippen molar-refractivity contribution in [1.82, 2.24) is 15.0 Å². The van der Waals surface area contributed by atoms with E-state index in [0.29, 0.717) is 41.7 Å². The molecule has 24 heavy (non-hydrogen) atoms. The largest absolute Gasteiger partial charge is 0.341 e. The van der Waals surface area contributed by atoms with Gasteiger partial charge in [-0.15, -0.1) is 0 Å². The standard InChI is InChI=1S/C17H21Cl2N3O2/c1-3-6-14-20-15(24-21-14)9-5-10-16(23)22(2)11-12-7-4-8-13(18)17(12)19/h4,7-8H,3,5-6,9-11H2,1-2H3. The lowest BCUT2D eigenvalue weighted by Gasteiger charge is -2.18. The van der Waals surface area contributed by atoms with Crippen LogP contribution in [0.1, 0.15) is 43.5 Å². The van der Waals surface area contributed by atoms with Crippen molar-refractivity contribution >= 4 is 29.1 Å². The van der Waals surface area contributed by atoms with Gasteiger partial charge in [0.1, 0.15) is 0 Å². The second kappa shape index (κ2) is 9.04. The van der Waals surface area contributed by atoms with E-state index in [-0.39, 0.29) is 5.91 Å². The van der Waals surface area contributed by atoms with Crippen molar-refractivity contribution in [3.05, 3.63) is 45.5 Å². The summed E-state index contributed by atoms with van der Waals surface area (Å²) < 4.78 is 5.17. The molecule has 0 saturated carbocycles. The third-order valence-electron chi connectivity index (χ3n) is 3.63. The number of nitrogens with zero attached hydrogens (tertiary/aromatic N) is 3. The molecule has 7 heteroatoms. The molecule has 0 aliphatic rings. The first-order valence-electron chi connectivity index (χ1n) is 7.99. The Morgan fingerprint density at radius 2 is 2.08 bits per heavy atom. The molecule has 0 radical (unpaired) electrons. The van der Waals surface area contributed by atoms with E-state index in [1.165, 1.54) is 0 Å². The van der Waals surface area contributed by atoms with Gasteiger partial charge in [-0.1, -0.05) is 47.4 Å². The second-order valence-electron chi connectivity index (χ2n) is 5.67. The molecule has 5 nitrogen and oxygen atoms in total. The van der Waals surface area contributed by atoms with E-state index in [1.807, 2.05) is 12.1 Å². The van der Waals surface area contributed by atoms with Crippen LogP contribution in [0.5, 0.6) is 0 Å². The molecule has 1 aromatic heterocycles. The molecule has 130 valence electrons. The summed E-state index contributed by atoms with van der Waals surface area (Å²) in [6.45, 7) is 2.50. The predicted molar refractivity (Wildman–Crippen MR) is 94.2 cm³/mol. The van der Waals surface area contributed by atoms with Crippen LogP contribution in [0.15, 0.2) is 22.7 Å². The summed E-state index contributed by atoms with van der Waals surface area (Å²) in [5.41, 5.74) is 0.834. The lowest BCUT2D eigenvalue weighted by atomic mass is 10.2. The average molecular weight is 370 g/mol. The fourth-order valence-electron chi connectivity index (χ4n) is 2.31. The zero-order chi connectivity index (χ0) is 17.5. The molecular formula is C17H21Cl2N3O2. The van der Waals surface area contributed by atoms with Crippen molar-refractivity contribution < 1.29 is 9.32 Å². The number of aromatic nitrogens is 2. The molecule has 0 aliphatic heterocycles. The smallest absolute Gasteiger partial charge is 0.226 e. The normalized spacial score (nSPS) is 10.8. The number of hydrogen-bond acceptors (Lipinski definition) is 4. The highest BCUT2D eigenvalue weighted by atomic mass is 35.5. The van der Waals surface area contributed by atoms with Crippen LogP contribution in [0.25, 0.3) is 0 Å². The SMILES string of the molecule is CCCc1noc(CCCC(=O)N(C)Cc2cccc(Cl)c2Cl)n1. The maximum atomic E-state index is 12.2. The van der Waals surface area contributed by atoms with Crippen LogP contribution in [0.3, 0.4) is 0 Å². The van der Waals surface area contributed by atoms with E-state index in [1.54, 1.807) is 18.0 Å². The molecule has 2 rings (SSSR count). The molecular weight excluding hydrogens is 349 g/mol. The Kier molecular flexibility index (Phi) is 7.06. The first-order valence-corrected chi connectivity index (χ1v) is 8.75. The molecule has 0 N–H and O–H groups in total. The quantitative estimate of drug-likeness (QED) is 0.695. The van der Waals surface area contributed by atoms with Gasteiger partial charge in [0.15, 0.2) is 5.82 Å². The highest BCUT2D eigenvalue weighted by Gasteiger charge is 2.13. The molecule has 0 fully saturated rings. The lowest BCUT2D eigenvalue weighted by Crippen LogP contribution is -2.26. The van der Waals surface area contributed by atoms with Crippen LogP contribution in [-0.4, -0.2) is 28.0 Å². The van der Waals surface area contributed by atoms with Crippen LogP contribution >= 0.6 is 23.2 Å². The summed E-state index contributed by atoms with van der Waals surface area (Å²) in [7, 11) is 1.76. The highest BCUT2D eigenvalue weighted by molar-refractivity contribution is 6.42. The summed E-state index contributed by atoms with van der Waals surface area (Å²) in [6, 6.07) is 5.42. The minimum atomic E-state index is 0.0411. The van der Waals surface area contributed by atoms with Crippen molar-refractivity contribution in [3.63, 3.8) is 0 Å². The molecule has 0 atom stereocenters. The average Bonchev–Trinajstić information content (AvgIpc) is 2.99. The summed E-state index contributed by atoms with van der Waals surface area (Å²) in [5, 5.41) is 4.89. The van der Waals surface area contributed by atoms with Gasteiger partial charge in [0.2, 0.25) is 11.8 Å². The third-order valence-corrected chi connectivity index (χ3v) is 4.49. The maximum absolute atomic E-state index is 12.2. The number of carbonyl (C=O) groups excluding carboxylic acids is 1. The summed E-state index contributed by atoms with van der Waals surface area (Å²) >= 11 is 12.2. The van der Waals surface area contributed by atoms with E-state index in [2.05, 4.69) is 17.1 Å². The number of benzene rings is 1. The zero-order valence-corrected chi connectivity index (χ0v) is 15.4. The summed E-state index contributed by atoms with van der Waals surface area (Å²) in [5.74, 6) is 1.36. The molecule has 1 aromatic carbocycles. The van der Waals surface area contributed by atoms with E-state index in [0.717, 1.165) is 24.2 Å². The number of hydrogen-bond donors (Lipinski definition) is 0. The third kappa shape index (κ3) is 5.21. The predicted octanol–water partition coefficient (Wildman–Crippen LogP) is 4.31. The number of halogens is 2. The van der Waals surface area contributed by atoms with Gasteiger partial charge >= 0.3 is 0 Å². The minimum absolute atomic E-state index is 0.0411. The Morgan fingerprint density at radius 1 is 1.29 bits per heavy atom. The van der Waals surface area contributed by atoms with Crippen LogP contribution in [0.2, 0.25) is 10.0 Å². The fraction of sp³-hybridized carbons (Fsp3) is 0.471. The molecule has 0 spiro atoms. The Hall–Kier alpha value is -1.59. The maximum Gasteiger partial charge on any atom is 0.226 e. The van der Waals surface area contributed by atoms with Gasteiger partial charge < -0.3 is 9.42 Å². The highest BCUT2D eigenvalue weighted by Crippen LogP contribution is 2.26. The number of carbonyl (C=O) groups is 1. The zero-order valence-electron chi connectivity index (χ0n) is 13.9. The first-order chi connectivity index (χ1) is 11.5. The van der Waals surface area contributed by atoms with Crippen molar-refractivity contribution in [3.8, 4) is 0 Å². The number of amides is 1. The molecule has 0 aliphatic carbocycles. The molecule has 0 saturated heterocycles. The van der Waals surface area contributed by atoms with Crippen molar-refractivity contribution in [2.75, 3.05) is 7.05 Å². The van der Waals surface area contributed by atoms with Crippen LogP contribution in [0.4, 0.5) is 0 Å². The molecule has 1 heterocycles. The minimum Gasteiger partial charge on any atom is -0.341 e. The van der Waals surface area contributed by atoms with Crippen LogP contribution in [0, 0.1) is 0 Å². The van der Waals surface area contributed by atoms with Gasteiger partial charge in [0.05, 0.1) is 10.0 Å². The van der Waals surface area contributed by atoms with Crippen molar-refractivity contribution in [2.24, 2.45) is 0 Å². The lowest BCUT2D eigenvalue weighted by molar-refractivity contribution is -0.130. The molecule has 0 unspecified atom stereocenters. The van der Waals surface area contributed by atoms with Gasteiger partial charge in [-0.3, -0.25) is 4.79 Å². The van der Waals surface area contributed by atoms with Crippen molar-refractivity contribution in [1.29, 1.82) is 0 Å². The summed E-state index contributed by atoms with van der Waals surface area (Å²) in [6.07, 6.45) is 3.48. The Balaban J connectivity index is 1.80. The fourth-order valence-corrected chi connectivity index (χ4v) is 2.69. The van der Waals surface area contributed by atoms with E-state index in [4.69, 9.17) is 27.7 Å². The summed E-state index contributed by atoms with van der Waals surface area (Å²) in [4.78, 5) is 18.2. The van der Waals surface area contributed by atoms with Gasteiger partial charge in [-0.2, -0.15) is 4.98 Å². The van der Waals surface area contributed by atoms with E-state index >= 15 is 0 Å². The number of aryl methyl sites for hydroxylation is 2. The molecule has 0 bridgehead atoms. The van der Waals surface area contributed by atoms with Crippen LogP contribution < -0.4 is 0 Å². The van der Waals surface area contributed by atoms with E-state index < -0.39 is 0 Å². The Morgan fingerprint density at radius 3 is 2.83 bits per heavy atom. The van der Waals surface area contributed by atoms with Gasteiger partial charge in [0.25, 0.3) is 0 Å². The van der Waals surface area contributed by atoms with Crippen molar-refractivity contribution in [2.45, 2.75) is 45.6 Å². The topological polar surface area (TPSA) is 59.2 Å². The first kappa shape index (κ1) is 18.7. The second-order valence-corrected chi connectivity index (χ2v) is 6.46. The molecule has 1 amide bonds. The molecule has 2 aromatic rings. The van der Waals surface area contributed by atoms with Gasteiger partial charge in [-0.05, 0) is 24.5 Å². The Bertz CT molecular complexity index is 688. The van der Waals surface area contributed by atoms with Gasteiger partial charge in [0, 0.05) is 32.9 Å². The Labute approximate surface area is 151 Å².